The van der Waals surface area contributed by atoms with E-state index in [2.05, 4.69) is 194 Å². The van der Waals surface area contributed by atoms with Gasteiger partial charge in [-0.3, -0.25) is 13.7 Å². The maximum Gasteiger partial charge on any atom is 0.201 e. The van der Waals surface area contributed by atoms with E-state index in [4.69, 9.17) is 69.8 Å². The summed E-state index contributed by atoms with van der Waals surface area (Å²) < 4.78 is 6.57. The highest BCUT2D eigenvalue weighted by Gasteiger charge is 2.24. The maximum atomic E-state index is 5.16. The molecule has 0 aliphatic carbocycles. The number of fused-ring (bicyclic) bond motifs is 12. The summed E-state index contributed by atoms with van der Waals surface area (Å²) >= 11 is 0. The minimum absolute atomic E-state index is 0.386. The lowest BCUT2D eigenvalue weighted by Gasteiger charge is -2.11. The Labute approximate surface area is 708 Å². The van der Waals surface area contributed by atoms with Gasteiger partial charge < -0.3 is 4.98 Å². The summed E-state index contributed by atoms with van der Waals surface area (Å²) in [6.07, 6.45) is 5.31. The Hall–Kier alpha value is -17.5. The molecule has 0 radical (unpaired) electrons. The second kappa shape index (κ2) is 30.5. The number of benzene rings is 14. The fourth-order valence-electron chi connectivity index (χ4n) is 16.7. The van der Waals surface area contributed by atoms with Crippen molar-refractivity contribution in [1.82, 2.24) is 93.4 Å². The Morgan fingerprint density at radius 1 is 0.153 bits per heavy atom. The molecule has 24 aromatic rings. The number of aromatic nitrogens is 19. The lowest BCUT2D eigenvalue weighted by Crippen LogP contribution is -2.05. The van der Waals surface area contributed by atoms with Crippen LogP contribution in [0, 0.1) is 0 Å². The number of aromatic amines is 1. The molecule has 0 spiro atoms. The Morgan fingerprint density at radius 3 is 0.694 bits per heavy atom. The standard InChI is InChI=1S/C62H38N12.C43H27N7/c1-5-17-39(18-6-1)55-67-56(40-19-7-2-8-20-40)70-61(69-55)59-63-35-33-53(65-59)73-49-27-15-13-25-45(49)47-37-43(29-31-51(47)73)44-30-32-52-48(38-44)46-26-14-16-28-50(46)74(52)54-34-36-64-60(66-54)62-71-57(41-21-9-3-10-22-41)68-58(72-62)42-23-11-4-12-24-42;1-3-11-27(12-4-1)40-47-41(28-13-5-2-6-14-28)49-43(48-40)42-44-24-23-39(46-42)50-37-18-10-8-16-32(37)34-26-30(20-22-38(34)50)29-19-21-36-33(25-29)31-15-7-9-17-35(31)45-36/h1-38H;1-26,45H. The van der Waals surface area contributed by atoms with Crippen LogP contribution in [0.15, 0.2) is 389 Å². The SMILES string of the molecule is c1ccc(-c2nc(-c3ccccc3)nc(-c3nccc(-n4c5ccccc5c5cc(-c6ccc7[nH]c8ccccc8c7c6)ccc54)n3)n2)cc1.c1ccc(-c2nc(-c3ccccc3)nc(-c3nccc(-n4c5ccccc5c5cc(-c6ccc7c(c6)c6ccccc6n7-c6ccnc(-c7nc(-c8ccccc8)nc(-c8ccccc8)n7)n6)ccc54)n3)n2)cc1. The molecule has 0 bridgehead atoms. The highest BCUT2D eigenvalue weighted by atomic mass is 15.2. The van der Waals surface area contributed by atoms with E-state index in [-0.39, 0.29) is 0 Å². The fraction of sp³-hybridized carbons (Fsp3) is 0. The molecule has 580 valence electrons. The van der Waals surface area contributed by atoms with Crippen LogP contribution >= 0.6 is 0 Å². The first kappa shape index (κ1) is 71.8. The molecular weight excluding hydrogens is 1530 g/mol. The summed E-state index contributed by atoms with van der Waals surface area (Å²) in [6, 6.07) is 126. The molecule has 19 nitrogen and oxygen atoms in total. The van der Waals surface area contributed by atoms with Gasteiger partial charge in [0.15, 0.2) is 52.4 Å². The molecule has 0 amide bonds. The first-order chi connectivity index (χ1) is 61.4. The van der Waals surface area contributed by atoms with E-state index in [1.165, 1.54) is 16.3 Å². The van der Waals surface area contributed by atoms with Crippen molar-refractivity contribution in [1.29, 1.82) is 0 Å². The number of rotatable bonds is 14. The van der Waals surface area contributed by atoms with Crippen LogP contribution in [0.2, 0.25) is 0 Å². The van der Waals surface area contributed by atoms with E-state index in [9.17, 15) is 0 Å². The molecule has 0 fully saturated rings. The van der Waals surface area contributed by atoms with Gasteiger partial charge in [-0.2, -0.15) is 0 Å². The molecule has 10 heterocycles. The van der Waals surface area contributed by atoms with E-state index in [1.54, 1.807) is 18.6 Å². The van der Waals surface area contributed by atoms with Crippen molar-refractivity contribution in [3.63, 3.8) is 0 Å². The minimum Gasteiger partial charge on any atom is -0.355 e. The molecular formula is C105H65N19. The number of H-pyrrole nitrogens is 1. The summed E-state index contributed by atoms with van der Waals surface area (Å²) in [6.45, 7) is 0. The zero-order valence-electron chi connectivity index (χ0n) is 66.0. The van der Waals surface area contributed by atoms with Gasteiger partial charge in [0.2, 0.25) is 17.5 Å². The van der Waals surface area contributed by atoms with Gasteiger partial charge in [0.1, 0.15) is 17.5 Å². The van der Waals surface area contributed by atoms with Crippen LogP contribution in [0.25, 0.3) is 230 Å². The molecule has 0 saturated heterocycles. The average Bonchev–Trinajstić information content (AvgIpc) is 1.59. The second-order valence-electron chi connectivity index (χ2n) is 30.0. The van der Waals surface area contributed by atoms with Crippen molar-refractivity contribution in [3.05, 3.63) is 389 Å². The summed E-state index contributed by atoms with van der Waals surface area (Å²) in [4.78, 5) is 77.1. The molecule has 24 rings (SSSR count). The molecule has 1 N–H and O–H groups in total. The summed E-state index contributed by atoms with van der Waals surface area (Å²) in [5.41, 5.74) is 18.2. The molecule has 0 aliphatic heterocycles. The third kappa shape index (κ3) is 13.1. The smallest absolute Gasteiger partial charge is 0.201 e. The predicted molar refractivity (Wildman–Crippen MR) is 492 cm³/mol. The molecule has 0 saturated carbocycles. The van der Waals surface area contributed by atoms with Crippen molar-refractivity contribution in [2.24, 2.45) is 0 Å². The molecule has 19 heteroatoms. The van der Waals surface area contributed by atoms with E-state index in [0.29, 0.717) is 81.5 Å². The number of nitrogens with zero attached hydrogens (tertiary/aromatic N) is 18. The normalized spacial score (nSPS) is 11.5. The zero-order valence-corrected chi connectivity index (χ0v) is 66.0. The molecule has 0 atom stereocenters. The topological polar surface area (TPSA) is 224 Å². The number of hydrogen-bond donors (Lipinski definition) is 1. The summed E-state index contributed by atoms with van der Waals surface area (Å²) in [7, 11) is 0. The minimum atomic E-state index is 0.386. The van der Waals surface area contributed by atoms with Crippen LogP contribution in [0.5, 0.6) is 0 Å². The van der Waals surface area contributed by atoms with E-state index in [1.807, 2.05) is 200 Å². The quantitative estimate of drug-likeness (QED) is 0.107. The molecule has 14 aromatic carbocycles. The van der Waals surface area contributed by atoms with Crippen LogP contribution in [-0.4, -0.2) is 93.4 Å². The largest absolute Gasteiger partial charge is 0.355 e. The Balaban J connectivity index is 0.000000154. The Kier molecular flexibility index (Phi) is 17.7. The molecule has 0 unspecified atom stereocenters. The highest BCUT2D eigenvalue weighted by molar-refractivity contribution is 6.14. The van der Waals surface area contributed by atoms with Gasteiger partial charge in [-0.1, -0.05) is 279 Å². The molecule has 124 heavy (non-hydrogen) atoms. The van der Waals surface area contributed by atoms with Gasteiger partial charge in [-0.25, -0.2) is 74.8 Å². The van der Waals surface area contributed by atoms with E-state index < -0.39 is 0 Å². The monoisotopic (exact) mass is 1590 g/mol. The lowest BCUT2D eigenvalue weighted by molar-refractivity contribution is 0.996. The van der Waals surface area contributed by atoms with Crippen molar-refractivity contribution in [3.8, 4) is 143 Å². The van der Waals surface area contributed by atoms with Gasteiger partial charge >= 0.3 is 0 Å². The van der Waals surface area contributed by atoms with Crippen molar-refractivity contribution in [2.75, 3.05) is 0 Å². The Morgan fingerprint density at radius 2 is 0.387 bits per heavy atom. The van der Waals surface area contributed by atoms with Crippen molar-refractivity contribution >= 4 is 87.2 Å². The second-order valence-corrected chi connectivity index (χ2v) is 30.0. The van der Waals surface area contributed by atoms with Gasteiger partial charge in [0.05, 0.1) is 33.1 Å². The van der Waals surface area contributed by atoms with Crippen LogP contribution in [0.3, 0.4) is 0 Å². The highest BCUT2D eigenvalue weighted by Crippen LogP contribution is 2.42. The zero-order chi connectivity index (χ0) is 82.0. The van der Waals surface area contributed by atoms with Crippen LogP contribution in [0.1, 0.15) is 0 Å². The average molecular weight is 1590 g/mol. The van der Waals surface area contributed by atoms with Gasteiger partial charge in [-0.15, -0.1) is 0 Å². The summed E-state index contributed by atoms with van der Waals surface area (Å²) in [5.74, 6) is 7.85. The van der Waals surface area contributed by atoms with Gasteiger partial charge in [0, 0.05) is 106 Å². The number of nitrogens with one attached hydrogen (secondary N) is 1. The number of hydrogen-bond acceptors (Lipinski definition) is 15. The fourth-order valence-corrected chi connectivity index (χ4v) is 16.7. The summed E-state index contributed by atoms with van der Waals surface area (Å²) in [5, 5.41) is 9.14. The van der Waals surface area contributed by atoms with E-state index in [0.717, 1.165) is 132 Å². The first-order valence-corrected chi connectivity index (χ1v) is 40.7. The Bertz CT molecular complexity index is 7790. The van der Waals surface area contributed by atoms with Crippen LogP contribution in [-0.2, 0) is 0 Å². The van der Waals surface area contributed by atoms with Crippen molar-refractivity contribution in [2.45, 2.75) is 0 Å². The van der Waals surface area contributed by atoms with Crippen LogP contribution in [0.4, 0.5) is 0 Å². The molecule has 10 aromatic heterocycles. The third-order valence-corrected chi connectivity index (χ3v) is 22.5. The van der Waals surface area contributed by atoms with Crippen molar-refractivity contribution < 1.29 is 0 Å². The van der Waals surface area contributed by atoms with Gasteiger partial charge in [-0.05, 0) is 113 Å². The maximum absolute atomic E-state index is 5.16. The van der Waals surface area contributed by atoms with Gasteiger partial charge in [0.25, 0.3) is 0 Å². The number of para-hydroxylation sites is 4. The lowest BCUT2D eigenvalue weighted by atomic mass is 10.0. The molecule has 0 aliphatic rings. The van der Waals surface area contributed by atoms with E-state index >= 15 is 0 Å². The first-order valence-electron chi connectivity index (χ1n) is 40.7. The predicted octanol–water partition coefficient (Wildman–Crippen LogP) is 23.6. The van der Waals surface area contributed by atoms with Crippen LogP contribution < -0.4 is 0 Å². The third-order valence-electron chi connectivity index (χ3n) is 22.5.